The third kappa shape index (κ3) is 2.76. The van der Waals surface area contributed by atoms with E-state index in [0.717, 1.165) is 0 Å². The lowest BCUT2D eigenvalue weighted by Crippen LogP contribution is -2.36. The molecule has 1 aliphatic rings. The molecule has 0 amide bonds. The molecule has 26 heavy (non-hydrogen) atoms. The van der Waals surface area contributed by atoms with Crippen LogP contribution in [0.15, 0.2) is 85.3 Å². The first-order chi connectivity index (χ1) is 12.7. The molecule has 0 saturated carbocycles. The summed E-state index contributed by atoms with van der Waals surface area (Å²) < 4.78 is 2.17. The maximum absolute atomic E-state index is 2.34. The quantitative estimate of drug-likeness (QED) is 0.642. The van der Waals surface area contributed by atoms with Crippen LogP contribution in [0, 0.1) is 6.92 Å². The zero-order valence-electron chi connectivity index (χ0n) is 15.5. The van der Waals surface area contributed by atoms with Crippen molar-refractivity contribution < 1.29 is 4.57 Å². The van der Waals surface area contributed by atoms with Crippen LogP contribution >= 0.6 is 0 Å². The van der Waals surface area contributed by atoms with Gasteiger partial charge in [0.2, 0.25) is 5.69 Å². The Balaban J connectivity index is 1.71. The second-order valence-electron chi connectivity index (χ2n) is 6.73. The summed E-state index contributed by atoms with van der Waals surface area (Å²) in [5.41, 5.74) is 6.24. The van der Waals surface area contributed by atoms with E-state index in [-0.39, 0.29) is 6.17 Å². The highest BCUT2D eigenvalue weighted by Crippen LogP contribution is 2.34. The van der Waals surface area contributed by atoms with Gasteiger partial charge in [0.15, 0.2) is 6.20 Å². The molecule has 1 aromatic heterocycles. The molecule has 0 fully saturated rings. The lowest BCUT2D eigenvalue weighted by Gasteiger charge is -2.31. The van der Waals surface area contributed by atoms with E-state index < -0.39 is 0 Å². The minimum absolute atomic E-state index is 0.232. The molecule has 0 saturated heterocycles. The SMILES string of the molecule is Cc1c(-c2cccc[n+]2C)cccc1N1C=CN(c2ccccc2)[C@@H]1C. The van der Waals surface area contributed by atoms with Crippen molar-refractivity contribution in [3.8, 4) is 11.3 Å². The monoisotopic (exact) mass is 342 g/mol. The Morgan fingerprint density at radius 2 is 1.54 bits per heavy atom. The summed E-state index contributed by atoms with van der Waals surface area (Å²) in [4.78, 5) is 4.64. The normalized spacial score (nSPS) is 16.3. The van der Waals surface area contributed by atoms with Gasteiger partial charge in [-0.05, 0) is 49.7 Å². The van der Waals surface area contributed by atoms with E-state index in [4.69, 9.17) is 0 Å². The van der Waals surface area contributed by atoms with Gasteiger partial charge in [-0.25, -0.2) is 4.57 Å². The Hall–Kier alpha value is -3.07. The van der Waals surface area contributed by atoms with Crippen LogP contribution in [0.3, 0.4) is 0 Å². The van der Waals surface area contributed by atoms with Gasteiger partial charge in [-0.1, -0.05) is 24.3 Å². The molecule has 0 aliphatic carbocycles. The predicted molar refractivity (Wildman–Crippen MR) is 108 cm³/mol. The van der Waals surface area contributed by atoms with E-state index in [9.17, 15) is 0 Å². The van der Waals surface area contributed by atoms with E-state index in [0.29, 0.717) is 0 Å². The van der Waals surface area contributed by atoms with Crippen molar-refractivity contribution >= 4 is 11.4 Å². The third-order valence-corrected chi connectivity index (χ3v) is 5.16. The maximum Gasteiger partial charge on any atom is 0.212 e. The molecular weight excluding hydrogens is 318 g/mol. The molecule has 0 spiro atoms. The predicted octanol–water partition coefficient (Wildman–Crippen LogP) is 4.63. The number of nitrogens with zero attached hydrogens (tertiary/aromatic N) is 3. The molecule has 0 bridgehead atoms. The van der Waals surface area contributed by atoms with Crippen LogP contribution in [0.4, 0.5) is 11.4 Å². The smallest absolute Gasteiger partial charge is 0.212 e. The number of hydrogen-bond donors (Lipinski definition) is 0. The Bertz CT molecular complexity index is 947. The summed E-state index contributed by atoms with van der Waals surface area (Å²) in [7, 11) is 2.09. The number of hydrogen-bond acceptors (Lipinski definition) is 2. The number of rotatable bonds is 3. The van der Waals surface area contributed by atoms with Crippen LogP contribution < -0.4 is 14.4 Å². The Labute approximate surface area is 155 Å². The summed E-state index contributed by atoms with van der Waals surface area (Å²) in [6, 6.07) is 23.4. The highest BCUT2D eigenvalue weighted by Gasteiger charge is 2.26. The molecule has 0 unspecified atom stereocenters. The van der Waals surface area contributed by atoms with Crippen molar-refractivity contribution in [1.29, 1.82) is 0 Å². The molecule has 3 aromatic rings. The molecule has 3 heteroatoms. The average molecular weight is 342 g/mol. The topological polar surface area (TPSA) is 10.4 Å². The molecule has 3 nitrogen and oxygen atoms in total. The third-order valence-electron chi connectivity index (χ3n) is 5.16. The van der Waals surface area contributed by atoms with Gasteiger partial charge in [0.25, 0.3) is 0 Å². The van der Waals surface area contributed by atoms with Crippen LogP contribution in [0.2, 0.25) is 0 Å². The van der Waals surface area contributed by atoms with Crippen LogP contribution in [0.1, 0.15) is 12.5 Å². The number of para-hydroxylation sites is 1. The van der Waals surface area contributed by atoms with Crippen molar-refractivity contribution in [2.45, 2.75) is 20.0 Å². The van der Waals surface area contributed by atoms with E-state index in [1.807, 2.05) is 0 Å². The number of aryl methyl sites for hydroxylation is 1. The number of anilines is 2. The summed E-state index contributed by atoms with van der Waals surface area (Å²) >= 11 is 0. The van der Waals surface area contributed by atoms with Gasteiger partial charge < -0.3 is 9.80 Å². The second kappa shape index (κ2) is 6.68. The first kappa shape index (κ1) is 16.4. The number of benzene rings is 2. The van der Waals surface area contributed by atoms with E-state index >= 15 is 0 Å². The lowest BCUT2D eigenvalue weighted by molar-refractivity contribution is -0.660. The average Bonchev–Trinajstić information content (AvgIpc) is 3.05. The van der Waals surface area contributed by atoms with Crippen LogP contribution in [-0.4, -0.2) is 6.17 Å². The Morgan fingerprint density at radius 1 is 0.808 bits per heavy atom. The number of pyridine rings is 1. The summed E-state index contributed by atoms with van der Waals surface area (Å²) in [5, 5.41) is 0. The Kier molecular flexibility index (Phi) is 4.21. The fourth-order valence-corrected chi connectivity index (χ4v) is 3.69. The van der Waals surface area contributed by atoms with E-state index in [2.05, 4.69) is 121 Å². The van der Waals surface area contributed by atoms with Gasteiger partial charge in [0.1, 0.15) is 13.2 Å². The highest BCUT2D eigenvalue weighted by atomic mass is 15.4. The lowest BCUT2D eigenvalue weighted by atomic mass is 10.0. The fraction of sp³-hybridized carbons (Fsp3) is 0.174. The van der Waals surface area contributed by atoms with E-state index in [1.54, 1.807) is 0 Å². The standard InChI is InChI=1S/C23H24N3/c1-18-21(23-13-7-8-15-24(23)3)12-9-14-22(18)26-17-16-25(19(26)2)20-10-5-4-6-11-20/h4-17,19H,1-3H3/q+1/t19-/m0/s1. The maximum atomic E-state index is 2.34. The van der Waals surface area contributed by atoms with Gasteiger partial charge in [0.05, 0.1) is 5.56 Å². The van der Waals surface area contributed by atoms with Crippen molar-refractivity contribution in [1.82, 2.24) is 0 Å². The van der Waals surface area contributed by atoms with Crippen molar-refractivity contribution in [3.05, 3.63) is 90.9 Å². The zero-order chi connectivity index (χ0) is 18.1. The van der Waals surface area contributed by atoms with Crippen LogP contribution in [-0.2, 0) is 7.05 Å². The van der Waals surface area contributed by atoms with Gasteiger partial charge in [0, 0.05) is 35.9 Å². The molecule has 130 valence electrons. The van der Waals surface area contributed by atoms with Gasteiger partial charge in [-0.3, -0.25) is 0 Å². The molecular formula is C23H24N3+. The molecule has 0 N–H and O–H groups in total. The highest BCUT2D eigenvalue weighted by molar-refractivity contribution is 5.73. The van der Waals surface area contributed by atoms with Gasteiger partial charge >= 0.3 is 0 Å². The second-order valence-corrected chi connectivity index (χ2v) is 6.73. The van der Waals surface area contributed by atoms with Crippen molar-refractivity contribution in [2.24, 2.45) is 7.05 Å². The Morgan fingerprint density at radius 3 is 2.31 bits per heavy atom. The first-order valence-corrected chi connectivity index (χ1v) is 9.01. The summed E-state index contributed by atoms with van der Waals surface area (Å²) in [6.45, 7) is 4.45. The molecule has 1 aliphatic heterocycles. The van der Waals surface area contributed by atoms with Crippen molar-refractivity contribution in [3.63, 3.8) is 0 Å². The van der Waals surface area contributed by atoms with Gasteiger partial charge in [-0.15, -0.1) is 0 Å². The first-order valence-electron chi connectivity index (χ1n) is 9.01. The van der Waals surface area contributed by atoms with E-state index in [1.165, 1.54) is 28.2 Å². The van der Waals surface area contributed by atoms with Crippen molar-refractivity contribution in [2.75, 3.05) is 9.80 Å². The summed E-state index contributed by atoms with van der Waals surface area (Å²) in [6.07, 6.45) is 6.66. The molecule has 2 heterocycles. The molecule has 4 rings (SSSR count). The molecule has 1 atom stereocenters. The minimum atomic E-state index is 0.232. The minimum Gasteiger partial charge on any atom is -0.326 e. The van der Waals surface area contributed by atoms with Crippen LogP contribution in [0.5, 0.6) is 0 Å². The summed E-state index contributed by atoms with van der Waals surface area (Å²) in [5.74, 6) is 0. The van der Waals surface area contributed by atoms with Gasteiger partial charge in [-0.2, -0.15) is 0 Å². The fourth-order valence-electron chi connectivity index (χ4n) is 3.69. The molecule has 2 aromatic carbocycles. The number of aromatic nitrogens is 1. The molecule has 0 radical (unpaired) electrons. The zero-order valence-corrected chi connectivity index (χ0v) is 15.5. The largest absolute Gasteiger partial charge is 0.326 e. The van der Waals surface area contributed by atoms with Crippen LogP contribution in [0.25, 0.3) is 11.3 Å².